The molecule has 7 heteroatoms. The minimum absolute atomic E-state index is 0.307. The molecule has 0 bridgehead atoms. The second-order valence-electron chi connectivity index (χ2n) is 8.27. The summed E-state index contributed by atoms with van der Waals surface area (Å²) in [5, 5.41) is 12.0. The number of hydrogen-bond donors (Lipinski definition) is 2. The summed E-state index contributed by atoms with van der Waals surface area (Å²) in [6.07, 6.45) is 6.07. The normalized spacial score (nSPS) is 13.1. The van der Waals surface area contributed by atoms with E-state index in [9.17, 15) is 23.1 Å². The highest BCUT2D eigenvalue weighted by Crippen LogP contribution is 2.34. The van der Waals surface area contributed by atoms with Gasteiger partial charge in [0.05, 0.1) is 18.4 Å². The summed E-state index contributed by atoms with van der Waals surface area (Å²) in [5.74, 6) is -0.235. The first-order chi connectivity index (χ1) is 16.3. The van der Waals surface area contributed by atoms with Crippen molar-refractivity contribution in [2.75, 3.05) is 12.4 Å². The van der Waals surface area contributed by atoms with Gasteiger partial charge in [0.2, 0.25) is 5.91 Å². The number of aromatic hydroxyl groups is 1. The van der Waals surface area contributed by atoms with Crippen molar-refractivity contribution >= 4 is 17.7 Å². The molecule has 4 nitrogen and oxygen atoms in total. The number of benzene rings is 2. The summed E-state index contributed by atoms with van der Waals surface area (Å²) in [5.41, 5.74) is 4.79. The Bertz CT molecular complexity index is 1220. The van der Waals surface area contributed by atoms with Crippen LogP contribution in [0.15, 0.2) is 65.8 Å². The predicted molar refractivity (Wildman–Crippen MR) is 135 cm³/mol. The molecule has 2 aromatic carbocycles. The van der Waals surface area contributed by atoms with Gasteiger partial charge in [-0.2, -0.15) is 13.2 Å². The first-order valence-corrected chi connectivity index (χ1v) is 10.9. The van der Waals surface area contributed by atoms with Crippen LogP contribution >= 0.6 is 0 Å². The predicted octanol–water partition coefficient (Wildman–Crippen LogP) is 7.45. The molecular formula is C28H30F3NO3. The smallest absolute Gasteiger partial charge is 0.416 e. The molecule has 35 heavy (non-hydrogen) atoms. The number of methoxy groups -OCH3 is 1. The maximum atomic E-state index is 12.9. The standard InChI is InChI=1S/C28H30F3NO3/c1-17(10-12-23-19(3)15-26(35-6)21(5)20(23)4)8-7-9-18(2)14-27(34)32-24-16-22(28(29,30)31)11-13-25(24)33/h7-16,33H,1-6H3,(H,32,34). The van der Waals surface area contributed by atoms with Gasteiger partial charge in [-0.05, 0) is 86.7 Å². The third kappa shape index (κ3) is 7.64. The number of allylic oxidation sites excluding steroid dienone is 6. The molecule has 2 aromatic rings. The fraction of sp³-hybridized carbons (Fsp3) is 0.250. The zero-order chi connectivity index (χ0) is 26.3. The van der Waals surface area contributed by atoms with E-state index in [0.717, 1.165) is 45.7 Å². The summed E-state index contributed by atoms with van der Waals surface area (Å²) in [6.45, 7) is 9.75. The third-order valence-electron chi connectivity index (χ3n) is 5.50. The number of carbonyl (C=O) groups excluding carboxylic acids is 1. The van der Waals surface area contributed by atoms with E-state index >= 15 is 0 Å². The lowest BCUT2D eigenvalue weighted by molar-refractivity contribution is -0.137. The Morgan fingerprint density at radius 3 is 2.34 bits per heavy atom. The van der Waals surface area contributed by atoms with Crippen LogP contribution in [0.25, 0.3) is 6.08 Å². The molecule has 0 fully saturated rings. The topological polar surface area (TPSA) is 58.6 Å². The van der Waals surface area contributed by atoms with Gasteiger partial charge in [-0.1, -0.05) is 36.0 Å². The number of carbonyl (C=O) groups is 1. The van der Waals surface area contributed by atoms with E-state index in [4.69, 9.17) is 4.74 Å². The minimum atomic E-state index is -4.58. The van der Waals surface area contributed by atoms with Crippen LogP contribution in [0.3, 0.4) is 0 Å². The van der Waals surface area contributed by atoms with Gasteiger partial charge >= 0.3 is 6.18 Å². The fourth-order valence-electron chi connectivity index (χ4n) is 3.39. The lowest BCUT2D eigenvalue weighted by Gasteiger charge is -2.13. The van der Waals surface area contributed by atoms with Gasteiger partial charge in [0.25, 0.3) is 0 Å². The number of ether oxygens (including phenoxy) is 1. The minimum Gasteiger partial charge on any atom is -0.506 e. The molecule has 0 radical (unpaired) electrons. The maximum absolute atomic E-state index is 12.9. The van der Waals surface area contributed by atoms with E-state index < -0.39 is 23.4 Å². The number of rotatable bonds is 7. The highest BCUT2D eigenvalue weighted by Gasteiger charge is 2.31. The van der Waals surface area contributed by atoms with Gasteiger partial charge < -0.3 is 15.2 Å². The molecule has 0 aliphatic rings. The first kappa shape index (κ1) is 27.5. The van der Waals surface area contributed by atoms with Gasteiger partial charge in [-0.25, -0.2) is 0 Å². The Morgan fingerprint density at radius 2 is 1.71 bits per heavy atom. The summed E-state index contributed by atoms with van der Waals surface area (Å²) in [6, 6.07) is 4.35. The lowest BCUT2D eigenvalue weighted by Crippen LogP contribution is -2.11. The SMILES string of the molecule is COc1cc(C)c(C=CC(C)=CC=CC(C)=CC(=O)Nc2cc(C(F)(F)F)ccc2O)c(C)c1C. The van der Waals surface area contributed by atoms with Crippen LogP contribution in [0.4, 0.5) is 18.9 Å². The Kier molecular flexibility index (Phi) is 9.12. The molecular weight excluding hydrogens is 455 g/mol. The van der Waals surface area contributed by atoms with Crippen LogP contribution in [0, 0.1) is 20.8 Å². The number of anilines is 1. The van der Waals surface area contributed by atoms with Crippen molar-refractivity contribution in [3.05, 3.63) is 93.6 Å². The van der Waals surface area contributed by atoms with Crippen LogP contribution in [-0.4, -0.2) is 18.1 Å². The molecule has 0 aliphatic carbocycles. The third-order valence-corrected chi connectivity index (χ3v) is 5.50. The molecule has 0 saturated carbocycles. The number of alkyl halides is 3. The number of halogens is 3. The van der Waals surface area contributed by atoms with Crippen LogP contribution in [0.1, 0.15) is 41.7 Å². The zero-order valence-electron chi connectivity index (χ0n) is 20.7. The van der Waals surface area contributed by atoms with Gasteiger partial charge in [0.15, 0.2) is 0 Å². The molecule has 0 atom stereocenters. The van der Waals surface area contributed by atoms with Gasteiger partial charge in [0, 0.05) is 6.08 Å². The largest absolute Gasteiger partial charge is 0.506 e. The second kappa shape index (κ2) is 11.6. The number of nitrogens with one attached hydrogen (secondary N) is 1. The first-order valence-electron chi connectivity index (χ1n) is 10.9. The van der Waals surface area contributed by atoms with Crippen molar-refractivity contribution in [2.24, 2.45) is 0 Å². The van der Waals surface area contributed by atoms with Crippen molar-refractivity contribution in [2.45, 2.75) is 40.8 Å². The van der Waals surface area contributed by atoms with Crippen molar-refractivity contribution in [3.8, 4) is 11.5 Å². The Hall–Kier alpha value is -3.74. The monoisotopic (exact) mass is 485 g/mol. The second-order valence-corrected chi connectivity index (χ2v) is 8.27. The van der Waals surface area contributed by atoms with Crippen LogP contribution in [0.2, 0.25) is 0 Å². The van der Waals surface area contributed by atoms with Crippen LogP contribution in [0.5, 0.6) is 11.5 Å². The quantitative estimate of drug-likeness (QED) is 0.243. The van der Waals surface area contributed by atoms with E-state index in [2.05, 4.69) is 18.3 Å². The number of phenols is 1. The summed E-state index contributed by atoms with van der Waals surface area (Å²) >= 11 is 0. The molecule has 1 amide bonds. The average molecular weight is 486 g/mol. The average Bonchev–Trinajstić information content (AvgIpc) is 2.76. The lowest BCUT2D eigenvalue weighted by atomic mass is 9.96. The van der Waals surface area contributed by atoms with E-state index in [1.54, 1.807) is 26.2 Å². The van der Waals surface area contributed by atoms with E-state index in [1.807, 2.05) is 39.0 Å². The van der Waals surface area contributed by atoms with Crippen molar-refractivity contribution in [1.82, 2.24) is 0 Å². The molecule has 0 aromatic heterocycles. The maximum Gasteiger partial charge on any atom is 0.416 e. The van der Waals surface area contributed by atoms with E-state index in [-0.39, 0.29) is 5.69 Å². The van der Waals surface area contributed by atoms with E-state index in [0.29, 0.717) is 11.6 Å². The number of phenolic OH excluding ortho intramolecular Hbond substituents is 1. The summed E-state index contributed by atoms with van der Waals surface area (Å²) in [4.78, 5) is 12.2. The molecule has 0 heterocycles. The number of hydrogen-bond acceptors (Lipinski definition) is 3. The van der Waals surface area contributed by atoms with Crippen molar-refractivity contribution in [1.29, 1.82) is 0 Å². The molecule has 2 N–H and O–H groups in total. The molecule has 0 spiro atoms. The summed E-state index contributed by atoms with van der Waals surface area (Å²) < 4.78 is 44.0. The van der Waals surface area contributed by atoms with Crippen LogP contribution < -0.4 is 10.1 Å². The van der Waals surface area contributed by atoms with Gasteiger partial charge in [-0.3, -0.25) is 4.79 Å². The molecule has 0 aliphatic heterocycles. The molecule has 186 valence electrons. The molecule has 0 saturated heterocycles. The highest BCUT2D eigenvalue weighted by atomic mass is 19.4. The van der Waals surface area contributed by atoms with Gasteiger partial charge in [0.1, 0.15) is 11.5 Å². The summed E-state index contributed by atoms with van der Waals surface area (Å²) in [7, 11) is 1.66. The molecule has 2 rings (SSSR count). The Labute approximate surface area is 204 Å². The highest BCUT2D eigenvalue weighted by molar-refractivity contribution is 6.01. The van der Waals surface area contributed by atoms with Crippen molar-refractivity contribution in [3.63, 3.8) is 0 Å². The van der Waals surface area contributed by atoms with Gasteiger partial charge in [-0.15, -0.1) is 0 Å². The van der Waals surface area contributed by atoms with Crippen molar-refractivity contribution < 1.29 is 27.8 Å². The molecule has 0 unspecified atom stereocenters. The number of amides is 1. The Balaban J connectivity index is 2.08. The van der Waals surface area contributed by atoms with Crippen LogP contribution in [-0.2, 0) is 11.0 Å². The number of aryl methyl sites for hydroxylation is 1. The van der Waals surface area contributed by atoms with E-state index in [1.165, 1.54) is 6.08 Å². The Morgan fingerprint density at radius 1 is 1.03 bits per heavy atom. The zero-order valence-corrected chi connectivity index (χ0v) is 20.7. The fourth-order valence-corrected chi connectivity index (χ4v) is 3.39.